The molecule has 34 heavy (non-hydrogen) atoms. The number of ether oxygens (including phenoxy) is 4. The summed E-state index contributed by atoms with van der Waals surface area (Å²) in [4.78, 5) is 24.5. The van der Waals surface area contributed by atoms with Gasteiger partial charge >= 0.3 is 12.1 Å². The number of hydrogen-bond acceptors (Lipinski definition) is 6. The molecular weight excluding hydrogens is 453 g/mol. The van der Waals surface area contributed by atoms with Crippen molar-refractivity contribution in [3.8, 4) is 23.0 Å². The van der Waals surface area contributed by atoms with Gasteiger partial charge in [0.05, 0.1) is 18.2 Å². The Labute approximate surface area is 193 Å². The number of para-hydroxylation sites is 1. The summed E-state index contributed by atoms with van der Waals surface area (Å²) in [5.41, 5.74) is -0.468. The van der Waals surface area contributed by atoms with Crippen molar-refractivity contribution in [3.05, 3.63) is 83.9 Å². The van der Waals surface area contributed by atoms with E-state index in [9.17, 15) is 22.8 Å². The second-order valence-electron chi connectivity index (χ2n) is 7.09. The number of carbonyl (C=O) groups is 2. The molecule has 0 spiro atoms. The van der Waals surface area contributed by atoms with E-state index < -0.39 is 36.2 Å². The van der Waals surface area contributed by atoms with Crippen LogP contribution in [0.5, 0.6) is 23.0 Å². The summed E-state index contributed by atoms with van der Waals surface area (Å²) >= 11 is 0. The molecule has 0 bridgehead atoms. The smallest absolute Gasteiger partial charge is 0.416 e. The molecule has 0 aliphatic carbocycles. The zero-order valence-electron chi connectivity index (χ0n) is 18.3. The Morgan fingerprint density at radius 3 is 2.00 bits per heavy atom. The van der Waals surface area contributed by atoms with Crippen molar-refractivity contribution in [2.24, 2.45) is 0 Å². The predicted octanol–water partition coefficient (Wildman–Crippen LogP) is 5.70. The van der Waals surface area contributed by atoms with Crippen LogP contribution in [-0.2, 0) is 15.7 Å². The van der Waals surface area contributed by atoms with Crippen molar-refractivity contribution >= 4 is 11.8 Å². The summed E-state index contributed by atoms with van der Waals surface area (Å²) in [7, 11) is 1.44. The highest BCUT2D eigenvalue weighted by atomic mass is 19.4. The Bertz CT molecular complexity index is 1120. The molecule has 3 rings (SSSR count). The molecule has 0 radical (unpaired) electrons. The minimum absolute atomic E-state index is 0.235. The highest BCUT2D eigenvalue weighted by molar-refractivity contribution is 6.00. The second kappa shape index (κ2) is 10.7. The summed E-state index contributed by atoms with van der Waals surface area (Å²) in [6.07, 6.45) is -5.41. The number of carbonyl (C=O) groups excluding carboxylic acids is 2. The number of rotatable bonds is 9. The largest absolute Gasteiger partial charge is 0.496 e. The van der Waals surface area contributed by atoms with Gasteiger partial charge in [0.2, 0.25) is 5.78 Å². The van der Waals surface area contributed by atoms with E-state index in [0.29, 0.717) is 22.8 Å². The van der Waals surface area contributed by atoms with Crippen molar-refractivity contribution in [1.29, 1.82) is 0 Å². The van der Waals surface area contributed by atoms with Crippen LogP contribution in [0.1, 0.15) is 22.8 Å². The summed E-state index contributed by atoms with van der Waals surface area (Å²) in [5, 5.41) is 0. The molecule has 178 valence electrons. The molecular formula is C25H21F3O6. The van der Waals surface area contributed by atoms with Gasteiger partial charge in [-0.3, -0.25) is 4.79 Å². The number of hydrogen-bond donors (Lipinski definition) is 0. The van der Waals surface area contributed by atoms with Crippen LogP contribution in [0.4, 0.5) is 13.2 Å². The van der Waals surface area contributed by atoms with Gasteiger partial charge in [-0.1, -0.05) is 12.1 Å². The fourth-order valence-electron chi connectivity index (χ4n) is 2.89. The van der Waals surface area contributed by atoms with Crippen molar-refractivity contribution in [1.82, 2.24) is 0 Å². The van der Waals surface area contributed by atoms with Crippen LogP contribution in [-0.4, -0.2) is 31.6 Å². The van der Waals surface area contributed by atoms with Crippen LogP contribution in [0.25, 0.3) is 0 Å². The third kappa shape index (κ3) is 6.50. The van der Waals surface area contributed by atoms with Crippen LogP contribution in [0.3, 0.4) is 0 Å². The Morgan fingerprint density at radius 2 is 1.41 bits per heavy atom. The minimum atomic E-state index is -4.42. The predicted molar refractivity (Wildman–Crippen MR) is 116 cm³/mol. The topological polar surface area (TPSA) is 71.1 Å². The maximum absolute atomic E-state index is 12.6. The Kier molecular flexibility index (Phi) is 7.78. The molecule has 0 saturated carbocycles. The van der Waals surface area contributed by atoms with E-state index in [2.05, 4.69) is 0 Å². The average molecular weight is 474 g/mol. The van der Waals surface area contributed by atoms with Crippen molar-refractivity contribution in [2.45, 2.75) is 19.2 Å². The number of alkyl halides is 3. The Hall–Kier alpha value is -4.01. The van der Waals surface area contributed by atoms with Crippen LogP contribution in [0, 0.1) is 0 Å². The molecule has 0 aliphatic rings. The molecule has 1 unspecified atom stereocenters. The molecule has 0 fully saturated rings. The first kappa shape index (κ1) is 24.6. The van der Waals surface area contributed by atoms with Gasteiger partial charge in [-0.15, -0.1) is 0 Å². The highest BCUT2D eigenvalue weighted by Gasteiger charge is 2.30. The van der Waals surface area contributed by atoms with Crippen LogP contribution < -0.4 is 14.2 Å². The third-order valence-electron chi connectivity index (χ3n) is 4.64. The van der Waals surface area contributed by atoms with Gasteiger partial charge in [-0.25, -0.2) is 4.79 Å². The number of Topliss-reactive ketones (excluding diaryl/α,β-unsaturated/α-hetero) is 1. The molecule has 0 N–H and O–H groups in total. The van der Waals surface area contributed by atoms with Crippen molar-refractivity contribution in [2.75, 3.05) is 13.7 Å². The van der Waals surface area contributed by atoms with Crippen LogP contribution in [0.2, 0.25) is 0 Å². The molecule has 0 saturated heterocycles. The molecule has 6 nitrogen and oxygen atoms in total. The van der Waals surface area contributed by atoms with E-state index in [1.165, 1.54) is 50.4 Å². The molecule has 0 amide bonds. The monoisotopic (exact) mass is 474 g/mol. The SMILES string of the molecule is COc1ccccc1C(=O)COC(=O)C(C)Oc1ccc(Oc2ccc(C(F)(F)F)cc2)cc1. The van der Waals surface area contributed by atoms with E-state index in [1.807, 2.05) is 0 Å². The first-order chi connectivity index (χ1) is 16.2. The number of ketones is 1. The molecule has 3 aromatic rings. The highest BCUT2D eigenvalue weighted by Crippen LogP contribution is 2.31. The van der Waals surface area contributed by atoms with Gasteiger partial charge in [-0.05, 0) is 67.6 Å². The lowest BCUT2D eigenvalue weighted by molar-refractivity contribution is -0.149. The lowest BCUT2D eigenvalue weighted by Gasteiger charge is -2.15. The quantitative estimate of drug-likeness (QED) is 0.293. The van der Waals surface area contributed by atoms with E-state index >= 15 is 0 Å². The standard InChI is InChI=1S/C25H21F3O6/c1-16(24(30)32-15-22(29)21-5-3-4-6-23(21)31-2)33-18-11-13-20(14-12-18)34-19-9-7-17(8-10-19)25(26,27)28/h3-14,16H,15H2,1-2H3. The summed E-state index contributed by atoms with van der Waals surface area (Å²) < 4.78 is 59.1. The van der Waals surface area contributed by atoms with E-state index in [0.717, 1.165) is 12.1 Å². The zero-order valence-corrected chi connectivity index (χ0v) is 18.3. The summed E-state index contributed by atoms with van der Waals surface area (Å²) in [6, 6.07) is 17.0. The first-order valence-electron chi connectivity index (χ1n) is 10.1. The van der Waals surface area contributed by atoms with Crippen LogP contribution >= 0.6 is 0 Å². The zero-order chi connectivity index (χ0) is 24.7. The maximum Gasteiger partial charge on any atom is 0.416 e. The van der Waals surface area contributed by atoms with E-state index in [-0.39, 0.29) is 5.75 Å². The fraction of sp³-hybridized carbons (Fsp3) is 0.200. The lowest BCUT2D eigenvalue weighted by atomic mass is 10.1. The van der Waals surface area contributed by atoms with E-state index in [1.54, 1.807) is 24.3 Å². The third-order valence-corrected chi connectivity index (χ3v) is 4.64. The average Bonchev–Trinajstić information content (AvgIpc) is 2.83. The number of methoxy groups -OCH3 is 1. The van der Waals surface area contributed by atoms with Gasteiger partial charge in [0.1, 0.15) is 23.0 Å². The summed E-state index contributed by atoms with van der Waals surface area (Å²) in [5.74, 6) is 0.172. The Balaban J connectivity index is 1.51. The number of esters is 1. The van der Waals surface area contributed by atoms with E-state index in [4.69, 9.17) is 18.9 Å². The van der Waals surface area contributed by atoms with Crippen molar-refractivity contribution < 1.29 is 41.7 Å². The number of halogens is 3. The molecule has 0 aliphatic heterocycles. The minimum Gasteiger partial charge on any atom is -0.496 e. The molecule has 0 aromatic heterocycles. The second-order valence-corrected chi connectivity index (χ2v) is 7.09. The normalized spacial score (nSPS) is 11.9. The van der Waals surface area contributed by atoms with Gasteiger partial charge in [0.25, 0.3) is 0 Å². The molecule has 0 heterocycles. The van der Waals surface area contributed by atoms with Gasteiger partial charge in [0.15, 0.2) is 12.7 Å². The Morgan fingerprint density at radius 1 is 0.853 bits per heavy atom. The van der Waals surface area contributed by atoms with Gasteiger partial charge in [-0.2, -0.15) is 13.2 Å². The van der Waals surface area contributed by atoms with Crippen molar-refractivity contribution in [3.63, 3.8) is 0 Å². The van der Waals surface area contributed by atoms with Gasteiger partial charge in [0, 0.05) is 0 Å². The lowest BCUT2D eigenvalue weighted by Crippen LogP contribution is -2.28. The van der Waals surface area contributed by atoms with Gasteiger partial charge < -0.3 is 18.9 Å². The molecule has 3 aromatic carbocycles. The maximum atomic E-state index is 12.6. The molecule has 1 atom stereocenters. The van der Waals surface area contributed by atoms with Crippen LogP contribution in [0.15, 0.2) is 72.8 Å². The fourth-order valence-corrected chi connectivity index (χ4v) is 2.89. The molecule has 9 heteroatoms. The number of benzene rings is 3. The first-order valence-corrected chi connectivity index (χ1v) is 10.1. The summed E-state index contributed by atoms with van der Waals surface area (Å²) in [6.45, 7) is 1.01.